The van der Waals surface area contributed by atoms with Gasteiger partial charge in [-0.1, -0.05) is 30.3 Å². The number of carbonyl (C=O) groups excluding carboxylic acids is 2. The van der Waals surface area contributed by atoms with Gasteiger partial charge < -0.3 is 15.5 Å². The lowest BCUT2D eigenvalue weighted by molar-refractivity contribution is 0.0119. The van der Waals surface area contributed by atoms with Crippen molar-refractivity contribution >= 4 is 30.7 Å². The Morgan fingerprint density at radius 3 is 2.52 bits per heavy atom. The van der Waals surface area contributed by atoms with Gasteiger partial charge in [-0.05, 0) is 24.3 Å². The zero-order chi connectivity index (χ0) is 21.0. The molecule has 0 radical (unpaired) electrons. The second-order valence-electron chi connectivity index (χ2n) is 5.63. The summed E-state index contributed by atoms with van der Waals surface area (Å²) >= 11 is 0. The van der Waals surface area contributed by atoms with Crippen LogP contribution in [-0.4, -0.2) is 33.2 Å². The highest BCUT2D eigenvalue weighted by Gasteiger charge is 2.27. The summed E-state index contributed by atoms with van der Waals surface area (Å²) in [4.78, 5) is 49.8. The molecule has 0 saturated heterocycles. The SMILES string of the molecule is Nn1c(=O)c(C(=O)NP(=O)(O)OCOC(=O)c2ccccc2)nc2ccccc21. The van der Waals surface area contributed by atoms with E-state index in [9.17, 15) is 23.8 Å². The van der Waals surface area contributed by atoms with Crippen LogP contribution in [0.15, 0.2) is 59.4 Å². The summed E-state index contributed by atoms with van der Waals surface area (Å²) in [7, 11) is -4.76. The van der Waals surface area contributed by atoms with Crippen LogP contribution in [0.25, 0.3) is 11.0 Å². The van der Waals surface area contributed by atoms with Crippen LogP contribution in [0.5, 0.6) is 0 Å². The van der Waals surface area contributed by atoms with E-state index in [4.69, 9.17) is 10.6 Å². The highest BCUT2D eigenvalue weighted by atomic mass is 31.2. The van der Waals surface area contributed by atoms with Crippen molar-refractivity contribution in [3.63, 3.8) is 0 Å². The Labute approximate surface area is 163 Å². The van der Waals surface area contributed by atoms with Crippen LogP contribution in [0, 0.1) is 0 Å². The second-order valence-corrected chi connectivity index (χ2v) is 7.15. The third kappa shape index (κ3) is 4.66. The number of amides is 1. The molecule has 0 saturated carbocycles. The van der Waals surface area contributed by atoms with Crippen molar-refractivity contribution < 1.29 is 28.3 Å². The van der Waals surface area contributed by atoms with Gasteiger partial charge in [0, 0.05) is 0 Å². The van der Waals surface area contributed by atoms with Crippen LogP contribution in [0.4, 0.5) is 0 Å². The molecule has 0 aliphatic rings. The third-order valence-corrected chi connectivity index (χ3v) is 4.62. The van der Waals surface area contributed by atoms with Gasteiger partial charge in [0.05, 0.1) is 16.6 Å². The van der Waals surface area contributed by atoms with Gasteiger partial charge in [0.15, 0.2) is 5.69 Å². The van der Waals surface area contributed by atoms with Crippen LogP contribution in [0.3, 0.4) is 0 Å². The zero-order valence-corrected chi connectivity index (χ0v) is 15.6. The van der Waals surface area contributed by atoms with E-state index in [1.807, 2.05) is 0 Å². The Balaban J connectivity index is 1.67. The number of hydrogen-bond donors (Lipinski definition) is 3. The van der Waals surface area contributed by atoms with Crippen molar-refractivity contribution in [2.24, 2.45) is 0 Å². The molecule has 3 aromatic rings. The largest absolute Gasteiger partial charge is 0.435 e. The summed E-state index contributed by atoms with van der Waals surface area (Å²) in [5, 5.41) is 1.65. The molecule has 29 heavy (non-hydrogen) atoms. The van der Waals surface area contributed by atoms with Crippen molar-refractivity contribution in [2.45, 2.75) is 0 Å². The zero-order valence-electron chi connectivity index (χ0n) is 14.7. The van der Waals surface area contributed by atoms with Gasteiger partial charge in [-0.3, -0.25) is 19.2 Å². The Morgan fingerprint density at radius 1 is 1.14 bits per heavy atom. The van der Waals surface area contributed by atoms with E-state index in [1.165, 1.54) is 24.3 Å². The standard InChI is InChI=1S/C17H15N4O7P/c18-21-13-9-5-4-8-12(13)19-14(16(21)23)15(22)20-29(25,26)28-10-27-17(24)11-6-2-1-3-7-11/h1-9H,10,18H2,(H2,20,22,25,26). The molecule has 12 heteroatoms. The molecule has 0 aliphatic heterocycles. The van der Waals surface area contributed by atoms with Crippen molar-refractivity contribution in [2.75, 3.05) is 12.6 Å². The molecule has 1 heterocycles. The van der Waals surface area contributed by atoms with Gasteiger partial charge in [-0.2, -0.15) is 0 Å². The fourth-order valence-electron chi connectivity index (χ4n) is 2.32. The highest BCUT2D eigenvalue weighted by Crippen LogP contribution is 2.36. The summed E-state index contributed by atoms with van der Waals surface area (Å²) in [5.41, 5.74) is -0.977. The van der Waals surface area contributed by atoms with Gasteiger partial charge in [-0.25, -0.2) is 19.0 Å². The topological polar surface area (TPSA) is 163 Å². The maximum atomic E-state index is 12.2. The molecule has 150 valence electrons. The fraction of sp³-hybridized carbons (Fsp3) is 0.0588. The smallest absolute Gasteiger partial charge is 0.434 e. The number of carbonyl (C=O) groups is 2. The maximum Gasteiger partial charge on any atom is 0.435 e. The minimum atomic E-state index is -4.76. The van der Waals surface area contributed by atoms with E-state index in [1.54, 1.807) is 35.4 Å². The van der Waals surface area contributed by atoms with Crippen molar-refractivity contribution in [1.29, 1.82) is 0 Å². The van der Waals surface area contributed by atoms with Crippen LogP contribution >= 0.6 is 7.75 Å². The monoisotopic (exact) mass is 418 g/mol. The molecular formula is C17H15N4O7P. The van der Waals surface area contributed by atoms with E-state index in [0.717, 1.165) is 0 Å². The lowest BCUT2D eigenvalue weighted by Crippen LogP contribution is -2.37. The second kappa shape index (κ2) is 8.23. The molecule has 1 unspecified atom stereocenters. The number of aromatic nitrogens is 2. The van der Waals surface area contributed by atoms with Gasteiger partial charge in [0.2, 0.25) is 6.79 Å². The molecule has 2 aromatic carbocycles. The molecule has 0 aliphatic carbocycles. The molecule has 1 aromatic heterocycles. The van der Waals surface area contributed by atoms with Gasteiger partial charge in [-0.15, -0.1) is 0 Å². The number of para-hydroxylation sites is 2. The first-order chi connectivity index (χ1) is 13.8. The summed E-state index contributed by atoms with van der Waals surface area (Å²) in [6, 6.07) is 14.1. The minimum absolute atomic E-state index is 0.205. The van der Waals surface area contributed by atoms with Crippen LogP contribution in [0.2, 0.25) is 0 Å². The molecule has 0 bridgehead atoms. The highest BCUT2D eigenvalue weighted by molar-refractivity contribution is 7.51. The average molecular weight is 418 g/mol. The molecule has 11 nitrogen and oxygen atoms in total. The molecule has 1 atom stereocenters. The first-order valence-electron chi connectivity index (χ1n) is 8.07. The lowest BCUT2D eigenvalue weighted by atomic mass is 10.2. The first-order valence-corrected chi connectivity index (χ1v) is 9.65. The number of esters is 1. The number of nitrogens with one attached hydrogen (secondary N) is 1. The number of rotatable bonds is 6. The van der Waals surface area contributed by atoms with Crippen LogP contribution in [0.1, 0.15) is 20.8 Å². The number of fused-ring (bicyclic) bond motifs is 1. The predicted molar refractivity (Wildman–Crippen MR) is 101 cm³/mol. The molecule has 0 spiro atoms. The number of nitrogen functional groups attached to an aromatic ring is 1. The fourth-order valence-corrected chi connectivity index (χ4v) is 2.95. The van der Waals surface area contributed by atoms with E-state index in [-0.39, 0.29) is 16.6 Å². The first kappa shape index (κ1) is 20.2. The Kier molecular flexibility index (Phi) is 5.74. The molecule has 3 rings (SSSR count). The number of hydrogen-bond acceptors (Lipinski definition) is 8. The summed E-state index contributed by atoms with van der Waals surface area (Å²) < 4.78 is 22.0. The number of nitrogens with two attached hydrogens (primary N) is 1. The van der Waals surface area contributed by atoms with Crippen molar-refractivity contribution in [3.8, 4) is 0 Å². The molecular weight excluding hydrogens is 403 g/mol. The van der Waals surface area contributed by atoms with Gasteiger partial charge in [0.1, 0.15) is 0 Å². The summed E-state index contributed by atoms with van der Waals surface area (Å²) in [6.45, 7) is -0.909. The lowest BCUT2D eigenvalue weighted by Gasteiger charge is -2.13. The van der Waals surface area contributed by atoms with E-state index in [0.29, 0.717) is 4.68 Å². The van der Waals surface area contributed by atoms with Crippen molar-refractivity contribution in [1.82, 2.24) is 14.7 Å². The van der Waals surface area contributed by atoms with E-state index < -0.39 is 37.7 Å². The quantitative estimate of drug-likeness (QED) is 0.227. The van der Waals surface area contributed by atoms with Gasteiger partial charge in [0.25, 0.3) is 5.91 Å². The van der Waals surface area contributed by atoms with Crippen molar-refractivity contribution in [3.05, 3.63) is 76.2 Å². The normalized spacial score (nSPS) is 12.9. The van der Waals surface area contributed by atoms with Gasteiger partial charge >= 0.3 is 19.3 Å². The summed E-state index contributed by atoms with van der Waals surface area (Å²) in [5.74, 6) is 3.58. The number of nitrogens with zero attached hydrogens (tertiary/aromatic N) is 2. The Bertz CT molecular complexity index is 1180. The Hall–Kier alpha value is -3.53. The molecule has 1 amide bonds. The average Bonchev–Trinajstić information content (AvgIpc) is 2.70. The molecule has 0 fully saturated rings. The number of benzene rings is 2. The predicted octanol–water partition coefficient (Wildman–Crippen LogP) is 0.772. The summed E-state index contributed by atoms with van der Waals surface area (Å²) in [6.07, 6.45) is 0. The van der Waals surface area contributed by atoms with E-state index >= 15 is 0 Å². The van der Waals surface area contributed by atoms with E-state index in [2.05, 4.69) is 9.51 Å². The minimum Gasteiger partial charge on any atom is -0.434 e. The van der Waals surface area contributed by atoms with Crippen LogP contribution in [-0.2, 0) is 13.8 Å². The Morgan fingerprint density at radius 2 is 1.79 bits per heavy atom. The van der Waals surface area contributed by atoms with Crippen LogP contribution < -0.4 is 16.5 Å². The third-order valence-electron chi connectivity index (χ3n) is 3.68. The maximum absolute atomic E-state index is 12.2. The number of ether oxygens (including phenoxy) is 1. The molecule has 4 N–H and O–H groups in total.